The van der Waals surface area contributed by atoms with Crippen LogP contribution in [0.4, 0.5) is 0 Å². The minimum absolute atomic E-state index is 0.223. The summed E-state index contributed by atoms with van der Waals surface area (Å²) in [4.78, 5) is 9.38. The first kappa shape index (κ1) is 23.8. The van der Waals surface area contributed by atoms with Gasteiger partial charge in [0.25, 0.3) is 0 Å². The molecule has 3 rings (SSSR count). The molecule has 2 heterocycles. The summed E-state index contributed by atoms with van der Waals surface area (Å²) in [5, 5.41) is 6.89. The lowest BCUT2D eigenvalue weighted by atomic mass is 10.1. The zero-order valence-corrected chi connectivity index (χ0v) is 19.7. The van der Waals surface area contributed by atoms with Crippen molar-refractivity contribution in [3.05, 3.63) is 29.3 Å². The number of guanidine groups is 1. The number of hydrogen-bond donors (Lipinski definition) is 2. The molecule has 0 spiro atoms. The van der Waals surface area contributed by atoms with E-state index in [-0.39, 0.29) is 6.10 Å². The van der Waals surface area contributed by atoms with Gasteiger partial charge in [0.15, 0.2) is 5.96 Å². The van der Waals surface area contributed by atoms with Crippen LogP contribution >= 0.6 is 0 Å². The van der Waals surface area contributed by atoms with Gasteiger partial charge in [0.1, 0.15) is 12.4 Å². The Morgan fingerprint density at radius 1 is 1.19 bits per heavy atom. The summed E-state index contributed by atoms with van der Waals surface area (Å²) < 4.78 is 11.8. The highest BCUT2D eigenvalue weighted by molar-refractivity contribution is 5.79. The van der Waals surface area contributed by atoms with Crippen molar-refractivity contribution in [3.8, 4) is 5.75 Å². The summed E-state index contributed by atoms with van der Waals surface area (Å²) in [5.74, 6) is 1.77. The lowest BCUT2D eigenvalue weighted by Crippen LogP contribution is -2.38. The van der Waals surface area contributed by atoms with E-state index in [4.69, 9.17) is 9.47 Å². The van der Waals surface area contributed by atoms with Crippen molar-refractivity contribution >= 4 is 5.96 Å². The number of hydrogen-bond acceptors (Lipinski definition) is 5. The molecule has 0 bridgehead atoms. The number of nitrogens with zero attached hydrogens (tertiary/aromatic N) is 3. The van der Waals surface area contributed by atoms with Crippen LogP contribution in [0.1, 0.15) is 36.8 Å². The lowest BCUT2D eigenvalue weighted by molar-refractivity contribution is 0.0676. The minimum atomic E-state index is 0.223. The number of nitrogens with one attached hydrogen (secondary N) is 2. The van der Waals surface area contributed by atoms with Crippen LogP contribution in [0, 0.1) is 6.92 Å². The third-order valence-corrected chi connectivity index (χ3v) is 6.10. The van der Waals surface area contributed by atoms with Crippen LogP contribution in [-0.4, -0.2) is 88.4 Å². The lowest BCUT2D eigenvalue weighted by Gasteiger charge is -2.20. The topological polar surface area (TPSA) is 61.4 Å². The fraction of sp³-hybridized carbons (Fsp3) is 0.708. The van der Waals surface area contributed by atoms with Crippen molar-refractivity contribution in [2.75, 3.05) is 66.6 Å². The molecule has 0 aromatic heterocycles. The molecule has 2 aliphatic rings. The molecule has 2 aliphatic heterocycles. The van der Waals surface area contributed by atoms with Gasteiger partial charge in [-0.3, -0.25) is 4.99 Å². The standard InChI is InChI=1S/C24H41N5O2/c1-20-8-9-21(23(17-20)31-19-22-7-4-16-30-22)18-27-24(25-2)26-10-5-12-29-13-6-11-28(3)14-15-29/h8-9,17,22H,4-7,10-16,18-19H2,1-3H3,(H2,25,26,27). The second kappa shape index (κ2) is 12.9. The molecule has 1 aromatic carbocycles. The molecule has 2 fully saturated rings. The summed E-state index contributed by atoms with van der Waals surface area (Å²) in [7, 11) is 4.04. The molecular formula is C24H41N5O2. The second-order valence-corrected chi connectivity index (χ2v) is 8.76. The predicted octanol–water partition coefficient (Wildman–Crippen LogP) is 2.25. The quantitative estimate of drug-likeness (QED) is 0.355. The Morgan fingerprint density at radius 2 is 2.10 bits per heavy atom. The second-order valence-electron chi connectivity index (χ2n) is 8.76. The monoisotopic (exact) mass is 431 g/mol. The zero-order valence-electron chi connectivity index (χ0n) is 19.7. The number of ether oxygens (including phenoxy) is 2. The van der Waals surface area contributed by atoms with E-state index in [0.29, 0.717) is 13.2 Å². The Bertz CT molecular complexity index is 691. The fourth-order valence-electron chi connectivity index (χ4n) is 4.13. The molecule has 31 heavy (non-hydrogen) atoms. The largest absolute Gasteiger partial charge is 0.491 e. The van der Waals surface area contributed by atoms with Crippen LogP contribution < -0.4 is 15.4 Å². The van der Waals surface area contributed by atoms with Gasteiger partial charge in [-0.25, -0.2) is 0 Å². The molecule has 2 saturated heterocycles. The van der Waals surface area contributed by atoms with Crippen LogP contribution in [0.25, 0.3) is 0 Å². The van der Waals surface area contributed by atoms with Crippen LogP contribution in [0.5, 0.6) is 5.75 Å². The number of likely N-dealkylation sites (N-methyl/N-ethyl adjacent to an activating group) is 1. The first-order valence-corrected chi connectivity index (χ1v) is 11.8. The summed E-state index contributed by atoms with van der Waals surface area (Å²) in [6.07, 6.45) is 4.82. The van der Waals surface area contributed by atoms with Crippen molar-refractivity contribution in [2.45, 2.75) is 45.3 Å². The van der Waals surface area contributed by atoms with Crippen LogP contribution in [0.2, 0.25) is 0 Å². The minimum Gasteiger partial charge on any atom is -0.491 e. The van der Waals surface area contributed by atoms with Gasteiger partial charge < -0.3 is 29.9 Å². The van der Waals surface area contributed by atoms with E-state index in [0.717, 1.165) is 56.2 Å². The summed E-state index contributed by atoms with van der Waals surface area (Å²) in [5.41, 5.74) is 2.34. The highest BCUT2D eigenvalue weighted by Crippen LogP contribution is 2.22. The van der Waals surface area contributed by atoms with E-state index in [1.807, 2.05) is 7.05 Å². The number of aryl methyl sites for hydroxylation is 1. The summed E-state index contributed by atoms with van der Waals surface area (Å²) in [6.45, 7) is 11.1. The Morgan fingerprint density at radius 3 is 2.90 bits per heavy atom. The van der Waals surface area contributed by atoms with E-state index >= 15 is 0 Å². The Labute approximate surface area is 188 Å². The molecular weight excluding hydrogens is 390 g/mol. The Kier molecular flexibility index (Phi) is 9.90. The molecule has 7 nitrogen and oxygen atoms in total. The zero-order chi connectivity index (χ0) is 21.9. The molecule has 0 amide bonds. The first-order chi connectivity index (χ1) is 15.1. The maximum atomic E-state index is 6.12. The predicted molar refractivity (Wildman–Crippen MR) is 127 cm³/mol. The van der Waals surface area contributed by atoms with Crippen molar-refractivity contribution < 1.29 is 9.47 Å². The van der Waals surface area contributed by atoms with Crippen LogP contribution in [-0.2, 0) is 11.3 Å². The maximum absolute atomic E-state index is 6.12. The van der Waals surface area contributed by atoms with Gasteiger partial charge in [-0.2, -0.15) is 0 Å². The summed E-state index contributed by atoms with van der Waals surface area (Å²) >= 11 is 0. The summed E-state index contributed by atoms with van der Waals surface area (Å²) in [6, 6.07) is 6.38. The van der Waals surface area contributed by atoms with E-state index in [2.05, 4.69) is 57.6 Å². The number of rotatable bonds is 9. The molecule has 0 aliphatic carbocycles. The third kappa shape index (κ3) is 8.31. The molecule has 1 aromatic rings. The highest BCUT2D eigenvalue weighted by atomic mass is 16.5. The molecule has 0 radical (unpaired) electrons. The van der Waals surface area contributed by atoms with Crippen molar-refractivity contribution in [1.82, 2.24) is 20.4 Å². The van der Waals surface area contributed by atoms with Gasteiger partial charge in [0.2, 0.25) is 0 Å². The molecule has 174 valence electrons. The fourth-order valence-corrected chi connectivity index (χ4v) is 4.13. The molecule has 7 heteroatoms. The van der Waals surface area contributed by atoms with Crippen molar-refractivity contribution in [1.29, 1.82) is 0 Å². The molecule has 1 atom stereocenters. The van der Waals surface area contributed by atoms with Crippen molar-refractivity contribution in [3.63, 3.8) is 0 Å². The average Bonchev–Trinajstić information content (AvgIpc) is 3.21. The SMILES string of the molecule is CN=C(NCCCN1CCCN(C)CC1)NCc1ccc(C)cc1OCC1CCCO1. The van der Waals surface area contributed by atoms with Gasteiger partial charge in [-0.15, -0.1) is 0 Å². The molecule has 0 saturated carbocycles. The van der Waals surface area contributed by atoms with E-state index in [1.165, 1.54) is 38.2 Å². The van der Waals surface area contributed by atoms with Crippen molar-refractivity contribution in [2.24, 2.45) is 4.99 Å². The molecule has 2 N–H and O–H groups in total. The average molecular weight is 432 g/mol. The third-order valence-electron chi connectivity index (χ3n) is 6.10. The van der Waals surface area contributed by atoms with Gasteiger partial charge in [-0.1, -0.05) is 12.1 Å². The number of benzene rings is 1. The van der Waals surface area contributed by atoms with E-state index in [9.17, 15) is 0 Å². The number of aliphatic imine (C=N–C) groups is 1. The van der Waals surface area contributed by atoms with Crippen LogP contribution in [0.15, 0.2) is 23.2 Å². The highest BCUT2D eigenvalue weighted by Gasteiger charge is 2.17. The normalized spacial score (nSPS) is 21.1. The maximum Gasteiger partial charge on any atom is 0.191 e. The molecule has 1 unspecified atom stereocenters. The first-order valence-electron chi connectivity index (χ1n) is 11.8. The van der Waals surface area contributed by atoms with Gasteiger partial charge >= 0.3 is 0 Å². The van der Waals surface area contributed by atoms with Crippen LogP contribution in [0.3, 0.4) is 0 Å². The van der Waals surface area contributed by atoms with Gasteiger partial charge in [-0.05, 0) is 70.9 Å². The van der Waals surface area contributed by atoms with E-state index in [1.54, 1.807) is 0 Å². The Hall–Kier alpha value is -1.83. The smallest absolute Gasteiger partial charge is 0.191 e. The van der Waals surface area contributed by atoms with E-state index < -0.39 is 0 Å². The van der Waals surface area contributed by atoms with Gasteiger partial charge in [0.05, 0.1) is 6.10 Å². The van der Waals surface area contributed by atoms with Gasteiger partial charge in [0, 0.05) is 45.4 Å². The Balaban J connectivity index is 1.40.